The quantitative estimate of drug-likeness (QED) is 0.542. The lowest BCUT2D eigenvalue weighted by Gasteiger charge is -2.05. The van der Waals surface area contributed by atoms with Crippen molar-refractivity contribution in [3.8, 4) is 5.75 Å². The van der Waals surface area contributed by atoms with E-state index in [9.17, 15) is 9.59 Å². The molecule has 0 unspecified atom stereocenters. The van der Waals surface area contributed by atoms with Gasteiger partial charge < -0.3 is 15.9 Å². The number of ether oxygens (including phenoxy) is 1. The van der Waals surface area contributed by atoms with E-state index in [4.69, 9.17) is 15.9 Å². The molecule has 0 atom stereocenters. The first-order valence-electron chi connectivity index (χ1n) is 5.16. The summed E-state index contributed by atoms with van der Waals surface area (Å²) in [4.78, 5) is 20.7. The Balaban J connectivity index is 2.57. The number of carbonyl (C=O) groups is 2. The highest BCUT2D eigenvalue weighted by Crippen LogP contribution is 2.13. The Morgan fingerprint density at radius 1 is 1.29 bits per heavy atom. The summed E-state index contributed by atoms with van der Waals surface area (Å²) < 4.78 is 5.08. The van der Waals surface area contributed by atoms with Gasteiger partial charge >= 0.3 is 0 Å². The van der Waals surface area contributed by atoms with Gasteiger partial charge in [-0.25, -0.2) is 0 Å². The van der Waals surface area contributed by atoms with Crippen LogP contribution in [-0.4, -0.2) is 24.5 Å². The lowest BCUT2D eigenvalue weighted by molar-refractivity contribution is -0.117. The number of hydrogen-bond donors (Lipinski definition) is 2. The summed E-state index contributed by atoms with van der Waals surface area (Å²) in [6.45, 7) is 0.0124. The summed E-state index contributed by atoms with van der Waals surface area (Å²) >= 11 is 0. The van der Waals surface area contributed by atoms with E-state index in [1.54, 1.807) is 24.3 Å². The van der Waals surface area contributed by atoms with Crippen molar-refractivity contribution in [1.82, 2.24) is 0 Å². The lowest BCUT2D eigenvalue weighted by Crippen LogP contribution is -2.12. The Morgan fingerprint density at radius 2 is 1.94 bits per heavy atom. The Kier molecular flexibility index (Phi) is 4.87. The van der Waals surface area contributed by atoms with Crippen LogP contribution in [0.1, 0.15) is 18.4 Å². The minimum Gasteiger partial charge on any atom is -0.486 e. The Hall–Kier alpha value is -2.17. The third-order valence-electron chi connectivity index (χ3n) is 2.14. The molecule has 0 bridgehead atoms. The molecular weight excluding hydrogens is 220 g/mol. The number of amides is 1. The molecule has 1 rings (SSSR count). The van der Waals surface area contributed by atoms with Crippen LogP contribution in [0.4, 0.5) is 0 Å². The predicted molar refractivity (Wildman–Crippen MR) is 63.3 cm³/mol. The van der Waals surface area contributed by atoms with Crippen molar-refractivity contribution < 1.29 is 14.3 Å². The molecule has 1 aromatic carbocycles. The summed E-state index contributed by atoms with van der Waals surface area (Å²) in [5, 5.41) is 7.73. The molecule has 0 fully saturated rings. The molecule has 0 radical (unpaired) electrons. The highest BCUT2D eigenvalue weighted by atomic mass is 16.5. The summed E-state index contributed by atoms with van der Waals surface area (Å²) in [5.41, 5.74) is 6.07. The van der Waals surface area contributed by atoms with E-state index in [1.807, 2.05) is 0 Å². The third-order valence-corrected chi connectivity index (χ3v) is 2.14. The average molecular weight is 234 g/mol. The van der Waals surface area contributed by atoms with Gasteiger partial charge in [0.1, 0.15) is 12.4 Å². The van der Waals surface area contributed by atoms with Crippen LogP contribution in [0.3, 0.4) is 0 Å². The predicted octanol–water partition coefficient (Wildman–Crippen LogP) is 0.898. The van der Waals surface area contributed by atoms with E-state index in [2.05, 4.69) is 0 Å². The van der Waals surface area contributed by atoms with Crippen molar-refractivity contribution >= 4 is 17.9 Å². The average Bonchev–Trinajstić information content (AvgIpc) is 2.34. The van der Waals surface area contributed by atoms with Crippen molar-refractivity contribution in [2.75, 3.05) is 6.61 Å². The fourth-order valence-electron chi connectivity index (χ4n) is 1.28. The number of benzene rings is 1. The minimum atomic E-state index is -0.416. The molecule has 0 aliphatic heterocycles. The monoisotopic (exact) mass is 234 g/mol. The molecule has 3 N–H and O–H groups in total. The highest BCUT2D eigenvalue weighted by Gasteiger charge is 2.04. The first-order chi connectivity index (χ1) is 8.13. The number of carbonyl (C=O) groups excluding carboxylic acids is 2. The third kappa shape index (κ3) is 4.46. The zero-order valence-corrected chi connectivity index (χ0v) is 9.31. The fraction of sp³-hybridized carbons (Fsp3) is 0.250. The van der Waals surface area contributed by atoms with E-state index >= 15 is 0 Å². The van der Waals surface area contributed by atoms with Gasteiger partial charge in [0.25, 0.3) is 0 Å². The van der Waals surface area contributed by atoms with Crippen LogP contribution < -0.4 is 10.5 Å². The van der Waals surface area contributed by atoms with Crippen LogP contribution in [0.2, 0.25) is 0 Å². The van der Waals surface area contributed by atoms with Crippen LogP contribution in [0.25, 0.3) is 0 Å². The zero-order chi connectivity index (χ0) is 12.7. The minimum absolute atomic E-state index is 0.0124. The maximum atomic E-state index is 10.6. The second-order valence-corrected chi connectivity index (χ2v) is 3.45. The maximum absolute atomic E-state index is 10.6. The van der Waals surface area contributed by atoms with Crippen molar-refractivity contribution in [1.29, 1.82) is 5.41 Å². The normalized spacial score (nSPS) is 9.65. The molecule has 1 amide bonds. The molecule has 0 saturated heterocycles. The van der Waals surface area contributed by atoms with Gasteiger partial charge in [-0.15, -0.1) is 0 Å². The number of nitrogens with two attached hydrogens (primary N) is 1. The Bertz CT molecular complexity index is 412. The van der Waals surface area contributed by atoms with Crippen LogP contribution in [-0.2, 0) is 9.59 Å². The molecule has 0 aliphatic carbocycles. The molecule has 17 heavy (non-hydrogen) atoms. The molecule has 0 saturated carbocycles. The van der Waals surface area contributed by atoms with Gasteiger partial charge in [0.2, 0.25) is 5.91 Å². The van der Waals surface area contributed by atoms with Gasteiger partial charge in [0, 0.05) is 12.1 Å². The van der Waals surface area contributed by atoms with Gasteiger partial charge in [0.05, 0.1) is 0 Å². The second-order valence-electron chi connectivity index (χ2n) is 3.45. The largest absolute Gasteiger partial charge is 0.486 e. The van der Waals surface area contributed by atoms with E-state index < -0.39 is 5.91 Å². The number of hydrogen-bond acceptors (Lipinski definition) is 4. The molecular formula is C12H14N2O3. The number of primary amides is 1. The molecule has 5 nitrogen and oxygen atoms in total. The van der Waals surface area contributed by atoms with Crippen LogP contribution in [0.15, 0.2) is 24.3 Å². The summed E-state index contributed by atoms with van der Waals surface area (Å²) in [6.07, 6.45) is 1.16. The van der Waals surface area contributed by atoms with E-state index in [-0.39, 0.29) is 13.0 Å². The Morgan fingerprint density at radius 3 is 2.47 bits per heavy atom. The molecule has 0 spiro atoms. The van der Waals surface area contributed by atoms with E-state index in [0.717, 1.165) is 0 Å². The zero-order valence-electron chi connectivity index (χ0n) is 9.31. The van der Waals surface area contributed by atoms with E-state index in [1.165, 1.54) is 0 Å². The van der Waals surface area contributed by atoms with Crippen LogP contribution in [0, 0.1) is 5.41 Å². The highest BCUT2D eigenvalue weighted by molar-refractivity contribution is 5.99. The molecule has 5 heteroatoms. The smallest absolute Gasteiger partial charge is 0.217 e. The SMILES string of the molecule is N=C(CCC(N)=O)c1ccc(OCC=O)cc1. The van der Waals surface area contributed by atoms with Gasteiger partial charge in [-0.3, -0.25) is 9.59 Å². The lowest BCUT2D eigenvalue weighted by atomic mass is 10.1. The summed E-state index contributed by atoms with van der Waals surface area (Å²) in [7, 11) is 0. The topological polar surface area (TPSA) is 93.2 Å². The molecule has 0 aliphatic rings. The number of rotatable bonds is 7. The first kappa shape index (κ1) is 12.9. The Labute approximate surface area is 99.1 Å². The number of aldehydes is 1. The second kappa shape index (κ2) is 6.42. The van der Waals surface area contributed by atoms with E-state index in [0.29, 0.717) is 29.7 Å². The van der Waals surface area contributed by atoms with Crippen LogP contribution in [0.5, 0.6) is 5.75 Å². The summed E-state index contributed by atoms with van der Waals surface area (Å²) in [6, 6.07) is 6.78. The van der Waals surface area contributed by atoms with Crippen molar-refractivity contribution in [3.63, 3.8) is 0 Å². The molecule has 0 heterocycles. The van der Waals surface area contributed by atoms with Crippen LogP contribution >= 0.6 is 0 Å². The van der Waals surface area contributed by atoms with Gasteiger partial charge in [-0.05, 0) is 36.2 Å². The molecule has 90 valence electrons. The first-order valence-corrected chi connectivity index (χ1v) is 5.16. The molecule has 0 aromatic heterocycles. The standard InChI is InChI=1S/C12H14N2O3/c13-11(5-6-12(14)16)9-1-3-10(4-2-9)17-8-7-15/h1-4,7,13H,5-6,8H2,(H2,14,16). The maximum Gasteiger partial charge on any atom is 0.217 e. The fourth-order valence-corrected chi connectivity index (χ4v) is 1.28. The number of nitrogens with one attached hydrogen (secondary N) is 1. The van der Waals surface area contributed by atoms with Crippen molar-refractivity contribution in [2.45, 2.75) is 12.8 Å². The van der Waals surface area contributed by atoms with Gasteiger partial charge in [-0.2, -0.15) is 0 Å². The van der Waals surface area contributed by atoms with Crippen molar-refractivity contribution in [3.05, 3.63) is 29.8 Å². The van der Waals surface area contributed by atoms with Gasteiger partial charge in [0.15, 0.2) is 6.29 Å². The van der Waals surface area contributed by atoms with Crippen molar-refractivity contribution in [2.24, 2.45) is 5.73 Å². The summed E-state index contributed by atoms with van der Waals surface area (Å²) in [5.74, 6) is 0.157. The van der Waals surface area contributed by atoms with Gasteiger partial charge in [-0.1, -0.05) is 0 Å². The molecule has 1 aromatic rings.